The van der Waals surface area contributed by atoms with Crippen LogP contribution in [-0.4, -0.2) is 13.6 Å². The van der Waals surface area contributed by atoms with Crippen LogP contribution >= 0.6 is 0 Å². The van der Waals surface area contributed by atoms with Gasteiger partial charge in [-0.25, -0.2) is 0 Å². The van der Waals surface area contributed by atoms with Crippen LogP contribution in [0.15, 0.2) is 97.1 Å². The fourth-order valence-electron chi connectivity index (χ4n) is 5.95. The zero-order valence-corrected chi connectivity index (χ0v) is 21.8. The molecule has 0 fully saturated rings. The molecule has 4 aromatic carbocycles. The molecule has 0 spiro atoms. The highest BCUT2D eigenvalue weighted by Gasteiger charge is 2.35. The summed E-state index contributed by atoms with van der Waals surface area (Å²) in [5, 5.41) is 0. The molecule has 2 aliphatic heterocycles. The summed E-state index contributed by atoms with van der Waals surface area (Å²) in [5.41, 5.74) is 11.1. The number of benzene rings is 4. The Kier molecular flexibility index (Phi) is 5.71. The molecule has 4 aromatic rings. The first-order valence-electron chi connectivity index (χ1n) is 12.7. The highest BCUT2D eigenvalue weighted by Crippen LogP contribution is 2.49. The second-order valence-electron chi connectivity index (χ2n) is 10.6. The van der Waals surface area contributed by atoms with E-state index in [9.17, 15) is 0 Å². The van der Waals surface area contributed by atoms with Gasteiger partial charge in [-0.15, -0.1) is 0 Å². The van der Waals surface area contributed by atoms with Gasteiger partial charge in [0.25, 0.3) is 0 Å². The minimum Gasteiger partial charge on any atom is -0.344 e. The normalized spacial score (nSPS) is 16.2. The average Bonchev–Trinajstić information content (AvgIpc) is 2.89. The molecular weight excluding hydrogens is 424 g/mol. The van der Waals surface area contributed by atoms with Crippen molar-refractivity contribution < 1.29 is 0 Å². The van der Waals surface area contributed by atoms with Crippen LogP contribution in [0.1, 0.15) is 56.9 Å². The van der Waals surface area contributed by atoms with E-state index in [0.29, 0.717) is 0 Å². The summed E-state index contributed by atoms with van der Waals surface area (Å²) in [6.45, 7) is 12.5. The first-order chi connectivity index (χ1) is 16.8. The van der Waals surface area contributed by atoms with Crippen molar-refractivity contribution in [2.24, 2.45) is 0 Å². The number of para-hydroxylation sites is 4. The number of nitrogens with zero attached hydrogens (tertiary/aromatic N) is 2. The lowest BCUT2D eigenvalue weighted by Gasteiger charge is -2.41. The Hall–Kier alpha value is -3.52. The van der Waals surface area contributed by atoms with Gasteiger partial charge in [0.15, 0.2) is 0 Å². The topological polar surface area (TPSA) is 6.48 Å². The van der Waals surface area contributed by atoms with E-state index < -0.39 is 0 Å². The van der Waals surface area contributed by atoms with Gasteiger partial charge >= 0.3 is 0 Å². The molecule has 0 N–H and O–H groups in total. The van der Waals surface area contributed by atoms with Gasteiger partial charge in [0.05, 0.1) is 0 Å². The van der Waals surface area contributed by atoms with Crippen LogP contribution in [-0.2, 0) is 10.8 Å². The number of hydrogen-bond donors (Lipinski definition) is 0. The van der Waals surface area contributed by atoms with Crippen molar-refractivity contribution in [1.29, 1.82) is 0 Å². The molecule has 0 aromatic heterocycles. The van der Waals surface area contributed by atoms with E-state index in [1.54, 1.807) is 0 Å². The summed E-state index contributed by atoms with van der Waals surface area (Å²) >= 11 is 0. The summed E-state index contributed by atoms with van der Waals surface area (Å²) in [6.07, 6.45) is 0. The minimum absolute atomic E-state index is 0.0822. The molecule has 178 valence electrons. The van der Waals surface area contributed by atoms with Crippen LogP contribution in [0.4, 0.5) is 22.7 Å². The third-order valence-corrected chi connectivity index (χ3v) is 7.93. The van der Waals surface area contributed by atoms with Crippen LogP contribution in [0.2, 0.25) is 0 Å². The zero-order chi connectivity index (χ0) is 24.8. The van der Waals surface area contributed by atoms with Gasteiger partial charge in [0.1, 0.15) is 0 Å². The van der Waals surface area contributed by atoms with Gasteiger partial charge in [-0.1, -0.05) is 100 Å². The Balaban J connectivity index is 0.000000145. The molecule has 0 aliphatic carbocycles. The van der Waals surface area contributed by atoms with Crippen molar-refractivity contribution in [2.75, 3.05) is 23.4 Å². The highest BCUT2D eigenvalue weighted by molar-refractivity contribution is 5.78. The Morgan fingerprint density at radius 1 is 0.486 bits per heavy atom. The van der Waals surface area contributed by atoms with E-state index in [1.165, 1.54) is 45.0 Å². The Morgan fingerprint density at radius 3 is 1.11 bits per heavy atom. The molecule has 2 nitrogen and oxygen atoms in total. The maximum Gasteiger partial charge on any atom is 0.0452 e. The van der Waals surface area contributed by atoms with E-state index in [0.717, 1.165) is 6.54 Å². The van der Waals surface area contributed by atoms with Crippen LogP contribution in [0, 0.1) is 0 Å². The molecule has 0 bridgehead atoms. The van der Waals surface area contributed by atoms with E-state index in [4.69, 9.17) is 0 Å². The van der Waals surface area contributed by atoms with Gasteiger partial charge < -0.3 is 9.80 Å². The first-order valence-corrected chi connectivity index (χ1v) is 12.7. The molecule has 0 unspecified atom stereocenters. The second kappa shape index (κ2) is 8.61. The molecule has 2 heteroatoms. The number of rotatable bonds is 1. The van der Waals surface area contributed by atoms with Crippen molar-refractivity contribution in [2.45, 2.75) is 45.4 Å². The molecule has 0 saturated heterocycles. The monoisotopic (exact) mass is 460 g/mol. The molecule has 0 saturated carbocycles. The smallest absolute Gasteiger partial charge is 0.0452 e. The maximum absolute atomic E-state index is 2.41. The fraction of sp³-hybridized carbons (Fsp3) is 0.273. The van der Waals surface area contributed by atoms with Gasteiger partial charge in [-0.2, -0.15) is 0 Å². The van der Waals surface area contributed by atoms with Crippen LogP contribution < -0.4 is 9.80 Å². The van der Waals surface area contributed by atoms with Crippen LogP contribution in [0.3, 0.4) is 0 Å². The lowest BCUT2D eigenvalue weighted by molar-refractivity contribution is 0.626. The molecule has 2 aliphatic rings. The molecule has 0 atom stereocenters. The second-order valence-corrected chi connectivity index (χ2v) is 10.6. The molecular formula is C33H36N2. The maximum atomic E-state index is 2.41. The van der Waals surface area contributed by atoms with Crippen LogP contribution in [0.5, 0.6) is 0 Å². The standard InChI is InChI=1S/C17H19N.C16H17N/c1-4-18-15-11-7-5-9-13(15)17(2,3)14-10-6-8-12-16(14)18;1-16(2)12-8-4-6-10-14(12)17(3)15-11-7-5-9-13(15)16/h5-12H,4H2,1-3H3;4-11H,1-3H3. The Morgan fingerprint density at radius 2 is 0.771 bits per heavy atom. The van der Waals surface area contributed by atoms with Crippen molar-refractivity contribution in [3.05, 3.63) is 119 Å². The Bertz CT molecular complexity index is 1270. The highest BCUT2D eigenvalue weighted by atomic mass is 15.1. The quantitative estimate of drug-likeness (QED) is 0.281. The van der Waals surface area contributed by atoms with E-state index >= 15 is 0 Å². The molecule has 0 amide bonds. The largest absolute Gasteiger partial charge is 0.344 e. The predicted octanol–water partition coefficient (Wildman–Crippen LogP) is 8.58. The number of anilines is 4. The summed E-state index contributed by atoms with van der Waals surface area (Å²) in [5.74, 6) is 0. The fourth-order valence-corrected chi connectivity index (χ4v) is 5.95. The molecule has 35 heavy (non-hydrogen) atoms. The Labute approximate surface area is 210 Å². The van der Waals surface area contributed by atoms with E-state index in [1.807, 2.05) is 0 Å². The number of hydrogen-bond acceptors (Lipinski definition) is 2. The van der Waals surface area contributed by atoms with Gasteiger partial charge in [0, 0.05) is 47.2 Å². The van der Waals surface area contributed by atoms with Crippen molar-refractivity contribution >= 4 is 22.7 Å². The third-order valence-electron chi connectivity index (χ3n) is 7.93. The van der Waals surface area contributed by atoms with Crippen molar-refractivity contribution in [3.8, 4) is 0 Å². The first kappa shape index (κ1) is 23.2. The summed E-state index contributed by atoms with van der Waals surface area (Å²) < 4.78 is 0. The number of fused-ring (bicyclic) bond motifs is 4. The van der Waals surface area contributed by atoms with Gasteiger partial charge in [-0.05, 0) is 53.4 Å². The van der Waals surface area contributed by atoms with Crippen LogP contribution in [0.25, 0.3) is 0 Å². The third kappa shape index (κ3) is 3.63. The van der Waals surface area contributed by atoms with Gasteiger partial charge in [0.2, 0.25) is 0 Å². The molecule has 6 rings (SSSR count). The van der Waals surface area contributed by atoms with Crippen molar-refractivity contribution in [1.82, 2.24) is 0 Å². The SMILES string of the molecule is CCN1c2ccccc2C(C)(C)c2ccccc21.CN1c2ccccc2C(C)(C)c2ccccc21. The minimum atomic E-state index is 0.0822. The zero-order valence-electron chi connectivity index (χ0n) is 21.8. The molecule has 0 radical (unpaired) electrons. The van der Waals surface area contributed by atoms with Gasteiger partial charge in [-0.3, -0.25) is 0 Å². The van der Waals surface area contributed by atoms with Crippen molar-refractivity contribution in [3.63, 3.8) is 0 Å². The summed E-state index contributed by atoms with van der Waals surface area (Å²) in [7, 11) is 2.15. The average molecular weight is 461 g/mol. The summed E-state index contributed by atoms with van der Waals surface area (Å²) in [4.78, 5) is 4.70. The van der Waals surface area contributed by atoms with E-state index in [-0.39, 0.29) is 10.8 Å². The lowest BCUT2D eigenvalue weighted by Crippen LogP contribution is -2.32. The predicted molar refractivity (Wildman–Crippen MR) is 151 cm³/mol. The van der Waals surface area contributed by atoms with E-state index in [2.05, 4.69) is 149 Å². The lowest BCUT2D eigenvalue weighted by atomic mass is 9.74. The summed E-state index contributed by atoms with van der Waals surface area (Å²) in [6, 6.07) is 34.9. The molecule has 2 heterocycles.